The molecule has 7 nitrogen and oxygen atoms in total. The largest absolute Gasteiger partial charge is 0.487 e. The Hall–Kier alpha value is -2.45. The normalized spacial score (nSPS) is 27.8. The van der Waals surface area contributed by atoms with Crippen molar-refractivity contribution in [3.8, 4) is 5.75 Å². The molecule has 0 radical (unpaired) electrons. The average Bonchev–Trinajstić information content (AvgIpc) is 3.37. The van der Waals surface area contributed by atoms with E-state index < -0.39 is 12.2 Å². The summed E-state index contributed by atoms with van der Waals surface area (Å²) in [6, 6.07) is 5.39. The lowest BCUT2D eigenvalue weighted by molar-refractivity contribution is 0.0138. The Balaban J connectivity index is 1.52. The summed E-state index contributed by atoms with van der Waals surface area (Å²) < 4.78 is 21.0. The Kier molecular flexibility index (Phi) is 5.32. The van der Waals surface area contributed by atoms with Crippen LogP contribution >= 0.6 is 0 Å². The van der Waals surface area contributed by atoms with E-state index in [1.54, 1.807) is 30.1 Å². The fourth-order valence-electron chi connectivity index (χ4n) is 4.29. The molecule has 2 heterocycles. The number of aryl methyl sites for hydroxylation is 1. The fourth-order valence-corrected chi connectivity index (χ4v) is 4.29. The maximum absolute atomic E-state index is 13.5. The van der Waals surface area contributed by atoms with Crippen molar-refractivity contribution in [1.29, 1.82) is 0 Å². The van der Waals surface area contributed by atoms with Crippen LogP contribution < -0.4 is 10.1 Å². The number of nitrogens with one attached hydrogen (secondary N) is 1. The first-order valence-corrected chi connectivity index (χ1v) is 9.64. The number of hydrogen-bond acceptors (Lipinski definition) is 5. The third-order valence-corrected chi connectivity index (χ3v) is 5.64. The van der Waals surface area contributed by atoms with Gasteiger partial charge < -0.3 is 19.7 Å². The fraction of sp³-hybridized carbons (Fsp3) is 0.500. The van der Waals surface area contributed by atoms with Gasteiger partial charge in [-0.1, -0.05) is 6.07 Å². The Bertz CT molecular complexity index is 836. The van der Waals surface area contributed by atoms with Crippen molar-refractivity contribution in [3.05, 3.63) is 48.3 Å². The highest BCUT2D eigenvalue weighted by Gasteiger charge is 2.48. The molecule has 2 fully saturated rings. The second-order valence-electron chi connectivity index (χ2n) is 7.54. The van der Waals surface area contributed by atoms with E-state index in [4.69, 9.17) is 4.74 Å². The van der Waals surface area contributed by atoms with Crippen molar-refractivity contribution in [2.45, 2.75) is 43.6 Å². The minimum Gasteiger partial charge on any atom is -0.487 e. The van der Waals surface area contributed by atoms with E-state index in [0.717, 1.165) is 25.9 Å². The van der Waals surface area contributed by atoms with Gasteiger partial charge in [0.2, 0.25) is 0 Å². The van der Waals surface area contributed by atoms with Crippen LogP contribution in [0.25, 0.3) is 0 Å². The molecule has 1 aliphatic heterocycles. The molecule has 2 aromatic rings. The van der Waals surface area contributed by atoms with Crippen LogP contribution in [0.1, 0.15) is 29.8 Å². The van der Waals surface area contributed by atoms with Crippen LogP contribution in [0, 0.1) is 5.82 Å². The van der Waals surface area contributed by atoms with Crippen LogP contribution in [-0.2, 0) is 7.05 Å². The maximum atomic E-state index is 13.5. The minimum absolute atomic E-state index is 0.229. The Labute approximate surface area is 163 Å². The van der Waals surface area contributed by atoms with E-state index in [2.05, 4.69) is 15.2 Å². The van der Waals surface area contributed by atoms with Crippen molar-refractivity contribution in [1.82, 2.24) is 19.8 Å². The maximum Gasteiger partial charge on any atom is 0.269 e. The van der Waals surface area contributed by atoms with Gasteiger partial charge in [0.05, 0.1) is 24.6 Å². The van der Waals surface area contributed by atoms with E-state index in [1.807, 2.05) is 0 Å². The highest BCUT2D eigenvalue weighted by molar-refractivity contribution is 5.92. The molecule has 8 heteroatoms. The molecule has 4 atom stereocenters. The molecule has 1 amide bonds. The van der Waals surface area contributed by atoms with Crippen molar-refractivity contribution >= 4 is 5.91 Å². The van der Waals surface area contributed by atoms with Gasteiger partial charge in [-0.3, -0.25) is 9.69 Å². The first-order valence-electron chi connectivity index (χ1n) is 9.64. The molecule has 1 aromatic carbocycles. The number of imidazole rings is 1. The first kappa shape index (κ1) is 18.9. The second kappa shape index (κ2) is 7.89. The van der Waals surface area contributed by atoms with Crippen LogP contribution in [0.3, 0.4) is 0 Å². The Morgan fingerprint density at radius 1 is 1.36 bits per heavy atom. The lowest BCUT2D eigenvalue weighted by atomic mass is 10.1. The average molecular weight is 388 g/mol. The van der Waals surface area contributed by atoms with Crippen LogP contribution in [0.15, 0.2) is 36.8 Å². The number of nitrogens with zero attached hydrogens (tertiary/aromatic N) is 3. The molecular weight excluding hydrogens is 363 g/mol. The number of ether oxygens (including phenoxy) is 1. The number of carbonyl (C=O) groups excluding carboxylic acids is 1. The van der Waals surface area contributed by atoms with Crippen LogP contribution in [0.2, 0.25) is 0 Å². The van der Waals surface area contributed by atoms with Gasteiger partial charge in [-0.15, -0.1) is 0 Å². The highest BCUT2D eigenvalue weighted by atomic mass is 19.1. The van der Waals surface area contributed by atoms with Crippen LogP contribution in [0.5, 0.6) is 5.75 Å². The Morgan fingerprint density at radius 2 is 2.14 bits per heavy atom. The predicted molar refractivity (Wildman–Crippen MR) is 100 cm³/mol. The van der Waals surface area contributed by atoms with E-state index in [1.165, 1.54) is 18.3 Å². The van der Waals surface area contributed by atoms with Gasteiger partial charge in [0.15, 0.2) is 0 Å². The molecule has 0 bridgehead atoms. The molecule has 2 aliphatic rings. The first-order chi connectivity index (χ1) is 13.5. The molecule has 1 aliphatic carbocycles. The third-order valence-electron chi connectivity index (χ3n) is 5.64. The number of aliphatic hydroxyl groups excluding tert-OH is 1. The Morgan fingerprint density at radius 3 is 2.82 bits per heavy atom. The number of aromatic nitrogens is 2. The van der Waals surface area contributed by atoms with E-state index in [-0.39, 0.29) is 23.8 Å². The summed E-state index contributed by atoms with van der Waals surface area (Å²) >= 11 is 0. The van der Waals surface area contributed by atoms with E-state index >= 15 is 0 Å². The second-order valence-corrected chi connectivity index (χ2v) is 7.54. The standard InChI is InChI=1S/C20H25FN4O3/c1-24-12-22-11-16(24)20(27)23-15-10-17(28-14-6-4-5-13(21)9-14)19(26)18(15)25-7-2-3-8-25/h4-6,9,11-12,15,17-19,26H,2-3,7-8,10H2,1H3,(H,23,27)/t15-,17-,18+,19+/m1/s1. The number of rotatable bonds is 5. The summed E-state index contributed by atoms with van der Waals surface area (Å²) in [7, 11) is 1.76. The van der Waals surface area contributed by atoms with Crippen LogP contribution in [0.4, 0.5) is 4.39 Å². The van der Waals surface area contributed by atoms with Gasteiger partial charge in [0.25, 0.3) is 5.91 Å². The highest BCUT2D eigenvalue weighted by Crippen LogP contribution is 2.31. The van der Waals surface area contributed by atoms with Gasteiger partial charge in [0.1, 0.15) is 29.5 Å². The molecule has 1 saturated carbocycles. The number of likely N-dealkylation sites (tertiary alicyclic amines) is 1. The van der Waals surface area contributed by atoms with Crippen LogP contribution in [-0.4, -0.2) is 62.8 Å². The molecule has 1 aromatic heterocycles. The molecule has 28 heavy (non-hydrogen) atoms. The van der Waals surface area contributed by atoms with E-state index in [0.29, 0.717) is 17.9 Å². The quantitative estimate of drug-likeness (QED) is 0.808. The van der Waals surface area contributed by atoms with Crippen molar-refractivity contribution in [3.63, 3.8) is 0 Å². The summed E-state index contributed by atoms with van der Waals surface area (Å²) in [5.41, 5.74) is 0.462. The zero-order valence-electron chi connectivity index (χ0n) is 15.8. The smallest absolute Gasteiger partial charge is 0.269 e. The number of carbonyl (C=O) groups is 1. The lowest BCUT2D eigenvalue weighted by Gasteiger charge is -2.31. The van der Waals surface area contributed by atoms with Crippen molar-refractivity contribution < 1.29 is 19.0 Å². The summed E-state index contributed by atoms with van der Waals surface area (Å²) in [5, 5.41) is 14.0. The van der Waals surface area contributed by atoms with Crippen molar-refractivity contribution in [2.75, 3.05) is 13.1 Å². The molecule has 150 valence electrons. The SMILES string of the molecule is Cn1cncc1C(=O)N[C@@H]1C[C@@H](Oc2cccc(F)c2)[C@H](O)[C@H]1N1CCCC1. The summed E-state index contributed by atoms with van der Waals surface area (Å²) in [6.07, 6.45) is 4.38. The minimum atomic E-state index is -0.779. The monoisotopic (exact) mass is 388 g/mol. The number of aliphatic hydroxyl groups is 1. The van der Waals surface area contributed by atoms with Gasteiger partial charge >= 0.3 is 0 Å². The lowest BCUT2D eigenvalue weighted by Crippen LogP contribution is -2.52. The molecule has 4 rings (SSSR count). The van der Waals surface area contributed by atoms with Gasteiger partial charge in [-0.2, -0.15) is 0 Å². The molecule has 1 saturated heterocycles. The zero-order valence-corrected chi connectivity index (χ0v) is 15.8. The van der Waals surface area contributed by atoms with Crippen molar-refractivity contribution in [2.24, 2.45) is 7.05 Å². The molecular formula is C20H25FN4O3. The summed E-state index contributed by atoms with van der Waals surface area (Å²) in [6.45, 7) is 1.76. The third kappa shape index (κ3) is 3.74. The summed E-state index contributed by atoms with van der Waals surface area (Å²) in [5.74, 6) is -0.238. The number of hydrogen-bond donors (Lipinski definition) is 2. The van der Waals surface area contributed by atoms with Gasteiger partial charge in [-0.25, -0.2) is 9.37 Å². The van der Waals surface area contributed by atoms with Gasteiger partial charge in [0, 0.05) is 19.5 Å². The number of halogens is 1. The number of amides is 1. The molecule has 2 N–H and O–H groups in total. The summed E-state index contributed by atoms with van der Waals surface area (Å²) in [4.78, 5) is 18.9. The number of benzene rings is 1. The predicted octanol–water partition coefficient (Wildman–Crippen LogP) is 1.33. The van der Waals surface area contributed by atoms with Gasteiger partial charge in [-0.05, 0) is 38.1 Å². The molecule has 0 spiro atoms. The molecule has 0 unspecified atom stereocenters. The topological polar surface area (TPSA) is 79.6 Å². The van der Waals surface area contributed by atoms with E-state index in [9.17, 15) is 14.3 Å². The zero-order chi connectivity index (χ0) is 19.7.